The van der Waals surface area contributed by atoms with Crippen molar-refractivity contribution in [2.45, 2.75) is 228 Å². The minimum absolute atomic E-state index is 0.00898. The van der Waals surface area contributed by atoms with Crippen LogP contribution >= 0.6 is 0 Å². The van der Waals surface area contributed by atoms with E-state index in [1.165, 1.54) is 0 Å². The third-order valence-corrected chi connectivity index (χ3v) is 19.9. The van der Waals surface area contributed by atoms with Crippen molar-refractivity contribution in [1.29, 1.82) is 0 Å². The van der Waals surface area contributed by atoms with E-state index >= 15 is 0 Å². The molecule has 5 aliphatic carbocycles. The van der Waals surface area contributed by atoms with E-state index in [-0.39, 0.29) is 35.2 Å². The average Bonchev–Trinajstić information content (AvgIpc) is 3.63. The molecule has 2 spiro atoms. The van der Waals surface area contributed by atoms with Gasteiger partial charge in [-0.3, -0.25) is 0 Å². The van der Waals surface area contributed by atoms with Gasteiger partial charge in [0.05, 0.1) is 55.4 Å². The molecule has 5 saturated carbocycles. The lowest BCUT2D eigenvalue weighted by molar-refractivity contribution is -0.339. The second-order valence-electron chi connectivity index (χ2n) is 23.8. The van der Waals surface area contributed by atoms with Gasteiger partial charge in [-0.2, -0.15) is 0 Å². The SMILES string of the molecule is CC(C)(O[C@H]1O[C@@H](CO)[C@H](O)[C@@H](O)[C@@H]1O)[C@@H]1CC[C@](C)([C@H]2[C@@H](O)C[C@@]3(C)[C@@H]4C[C@H](O[C@H]5O[C@@H](CO)[C@H](O)[C@@H](O)[C@@H]5O)[C@H]5C(C)(C)[C@@H](O[C@@H]6OC[C@@H](O)[C@H](O)[C@H]6O)CC[C@@]56C[C@@]46CC[C@]23C)O1. The highest BCUT2D eigenvalue weighted by Crippen LogP contribution is 2.89. The number of aliphatic hydroxyl groups excluding tert-OH is 12. The van der Waals surface area contributed by atoms with Gasteiger partial charge < -0.3 is 94.4 Å². The van der Waals surface area contributed by atoms with E-state index in [4.69, 9.17) is 33.2 Å². The van der Waals surface area contributed by atoms with Crippen molar-refractivity contribution in [2.75, 3.05) is 19.8 Å². The predicted octanol–water partition coefficient (Wildman–Crippen LogP) is -1.45. The molecule has 9 rings (SSSR count). The number of hydrogen-bond donors (Lipinski definition) is 12. The molecular weight excluding hydrogens is 868 g/mol. The highest BCUT2D eigenvalue weighted by molar-refractivity contribution is 5.33. The van der Waals surface area contributed by atoms with Crippen molar-refractivity contribution in [3.63, 3.8) is 0 Å². The smallest absolute Gasteiger partial charge is 0.187 e. The first kappa shape index (κ1) is 50.2. The molecule has 0 aromatic heterocycles. The minimum Gasteiger partial charge on any atom is -0.394 e. The number of aliphatic hydroxyl groups is 12. The molecule has 0 amide bonds. The molecule has 26 atom stereocenters. The van der Waals surface area contributed by atoms with Crippen LogP contribution in [0.15, 0.2) is 0 Å². The molecule has 4 aliphatic heterocycles. The molecule has 12 N–H and O–H groups in total. The van der Waals surface area contributed by atoms with Crippen LogP contribution < -0.4 is 0 Å². The van der Waals surface area contributed by atoms with Gasteiger partial charge in [0.15, 0.2) is 18.9 Å². The van der Waals surface area contributed by atoms with E-state index in [0.29, 0.717) is 32.1 Å². The van der Waals surface area contributed by atoms with Crippen LogP contribution in [0.2, 0.25) is 0 Å². The lowest BCUT2D eigenvalue weighted by Gasteiger charge is -2.65. The molecule has 0 bridgehead atoms. The average molecular weight is 947 g/mol. The molecule has 0 radical (unpaired) electrons. The highest BCUT2D eigenvalue weighted by atomic mass is 16.7. The number of rotatable bonds is 10. The Kier molecular flexibility index (Phi) is 12.9. The Hall–Kier alpha value is -0.760. The van der Waals surface area contributed by atoms with Gasteiger partial charge >= 0.3 is 0 Å². The van der Waals surface area contributed by atoms with Crippen LogP contribution in [0.5, 0.6) is 0 Å². The topological polar surface area (TPSA) is 307 Å². The van der Waals surface area contributed by atoms with Crippen molar-refractivity contribution in [2.24, 2.45) is 44.8 Å². The Morgan fingerprint density at radius 3 is 1.83 bits per heavy atom. The molecule has 4 saturated heterocycles. The molecule has 19 nitrogen and oxygen atoms in total. The lowest BCUT2D eigenvalue weighted by Crippen LogP contribution is -2.65. The Bertz CT molecular complexity index is 1770. The zero-order valence-corrected chi connectivity index (χ0v) is 39.3. The molecule has 4 heterocycles. The summed E-state index contributed by atoms with van der Waals surface area (Å²) >= 11 is 0. The highest BCUT2D eigenvalue weighted by Gasteiger charge is 2.85. The Labute approximate surface area is 386 Å². The Morgan fingerprint density at radius 1 is 0.591 bits per heavy atom. The van der Waals surface area contributed by atoms with Crippen LogP contribution in [0.25, 0.3) is 0 Å². The van der Waals surface area contributed by atoms with Gasteiger partial charge in [0.25, 0.3) is 0 Å². The summed E-state index contributed by atoms with van der Waals surface area (Å²) in [7, 11) is 0. The first-order chi connectivity index (χ1) is 30.8. The minimum atomic E-state index is -1.65. The standard InChI is InChI=1S/C47H78O19/c1-41(2)26(64-38-33(57)28(52)21(51)18-60-38)9-11-47-19-46(47)13-12-43(5)36(45(7)10-8-27(65-45)42(3,4)66-40-35(59)32(56)30(54)24(17-49)63-40)20(50)15-44(43,6)25(46)14-22(37(41)47)61-39-34(58)31(55)29(53)23(16-48)62-39/h20-40,48-59H,8-19H2,1-7H3/t20-,21+,22-,23-,24-,25-,26-,27-,28-,29-,30-,31+,32+,33+,34-,35-,36-,37-,38-,39-,40+,43+,44-,45+,46-,47+/m0/s1. The lowest BCUT2D eigenvalue weighted by atomic mass is 9.41. The predicted molar refractivity (Wildman–Crippen MR) is 226 cm³/mol. The first-order valence-electron chi connectivity index (χ1n) is 24.4. The van der Waals surface area contributed by atoms with Crippen molar-refractivity contribution in [1.82, 2.24) is 0 Å². The summed E-state index contributed by atoms with van der Waals surface area (Å²) in [6.07, 6.45) is -16.3. The molecule has 0 unspecified atom stereocenters. The van der Waals surface area contributed by atoms with E-state index in [9.17, 15) is 61.3 Å². The van der Waals surface area contributed by atoms with Crippen LogP contribution in [0.1, 0.15) is 106 Å². The van der Waals surface area contributed by atoms with E-state index in [2.05, 4.69) is 34.6 Å². The van der Waals surface area contributed by atoms with Crippen molar-refractivity contribution in [3.8, 4) is 0 Å². The van der Waals surface area contributed by atoms with Gasteiger partial charge in [-0.05, 0) is 117 Å². The Balaban J connectivity index is 1.01. The summed E-state index contributed by atoms with van der Waals surface area (Å²) < 4.78 is 44.3. The third kappa shape index (κ3) is 7.22. The summed E-state index contributed by atoms with van der Waals surface area (Å²) in [6.45, 7) is 13.0. The van der Waals surface area contributed by atoms with E-state index in [0.717, 1.165) is 25.7 Å². The summed E-state index contributed by atoms with van der Waals surface area (Å²) in [5.41, 5.74) is -3.88. The second-order valence-corrected chi connectivity index (χ2v) is 23.8. The van der Waals surface area contributed by atoms with E-state index < -0.39 is 151 Å². The maximum Gasteiger partial charge on any atom is 0.187 e. The summed E-state index contributed by atoms with van der Waals surface area (Å²) in [6, 6.07) is 0. The van der Waals surface area contributed by atoms with Gasteiger partial charge in [-0.1, -0.05) is 27.7 Å². The van der Waals surface area contributed by atoms with Crippen LogP contribution in [0.4, 0.5) is 0 Å². The molecule has 0 aromatic carbocycles. The maximum absolute atomic E-state index is 12.5. The molecule has 9 aliphatic rings. The summed E-state index contributed by atoms with van der Waals surface area (Å²) in [4.78, 5) is 0. The molecule has 380 valence electrons. The van der Waals surface area contributed by atoms with Gasteiger partial charge in [0.1, 0.15) is 67.1 Å². The summed E-state index contributed by atoms with van der Waals surface area (Å²) in [5.74, 6) is -0.523. The third-order valence-electron chi connectivity index (χ3n) is 19.9. The molecule has 9 fully saturated rings. The molecule has 0 aromatic rings. The van der Waals surface area contributed by atoms with Gasteiger partial charge in [-0.25, -0.2) is 0 Å². The van der Waals surface area contributed by atoms with Crippen LogP contribution in [0, 0.1) is 44.8 Å². The van der Waals surface area contributed by atoms with E-state index in [1.54, 1.807) is 0 Å². The quantitative estimate of drug-likeness (QED) is 0.112. The largest absolute Gasteiger partial charge is 0.394 e. The number of fused-ring (bicyclic) bond motifs is 2. The zero-order chi connectivity index (χ0) is 48.1. The number of ether oxygens (including phenoxy) is 7. The normalized spacial score (nSPS) is 58.0. The first-order valence-corrected chi connectivity index (χ1v) is 24.4. The second kappa shape index (κ2) is 16.9. The fourth-order valence-electron chi connectivity index (χ4n) is 16.4. The zero-order valence-electron chi connectivity index (χ0n) is 39.3. The van der Waals surface area contributed by atoms with Crippen LogP contribution in [-0.4, -0.2) is 203 Å². The van der Waals surface area contributed by atoms with Gasteiger partial charge in [0, 0.05) is 5.92 Å². The monoisotopic (exact) mass is 947 g/mol. The molecule has 19 heteroatoms. The molecular formula is C47H78O19. The van der Waals surface area contributed by atoms with Crippen molar-refractivity contribution < 1.29 is 94.4 Å². The van der Waals surface area contributed by atoms with E-state index in [1.807, 2.05) is 13.8 Å². The Morgan fingerprint density at radius 2 is 1.20 bits per heavy atom. The van der Waals surface area contributed by atoms with Gasteiger partial charge in [-0.15, -0.1) is 0 Å². The van der Waals surface area contributed by atoms with Crippen molar-refractivity contribution in [3.05, 3.63) is 0 Å². The fraction of sp³-hybridized carbons (Fsp3) is 1.00. The number of hydrogen-bond acceptors (Lipinski definition) is 19. The molecule has 66 heavy (non-hydrogen) atoms. The fourth-order valence-corrected chi connectivity index (χ4v) is 16.4. The maximum atomic E-state index is 12.5. The van der Waals surface area contributed by atoms with Crippen LogP contribution in [0.3, 0.4) is 0 Å². The van der Waals surface area contributed by atoms with Crippen LogP contribution in [-0.2, 0) is 33.2 Å². The van der Waals surface area contributed by atoms with Gasteiger partial charge in [0.2, 0.25) is 0 Å². The van der Waals surface area contributed by atoms with Crippen molar-refractivity contribution >= 4 is 0 Å². The summed E-state index contributed by atoms with van der Waals surface area (Å²) in [5, 5.41) is 129.